The maximum absolute atomic E-state index is 13.1. The molecule has 0 unspecified atom stereocenters. The van der Waals surface area contributed by atoms with Crippen LogP contribution >= 0.6 is 0 Å². The minimum absolute atomic E-state index is 0.274. The lowest BCUT2D eigenvalue weighted by Crippen LogP contribution is -1.86. The summed E-state index contributed by atoms with van der Waals surface area (Å²) < 4.78 is 17.9. The molecule has 0 bridgehead atoms. The SMILES string of the molecule is CC.COCC#Cc1ccc(C)cc1F. The summed E-state index contributed by atoms with van der Waals surface area (Å²) in [7, 11) is 1.56. The standard InChI is InChI=1S/C11H11FO.C2H6/c1-9-5-6-10(11(12)8-9)4-3-7-13-2;1-2/h5-6,8H,7H2,1-2H3;1-2H3. The van der Waals surface area contributed by atoms with Gasteiger partial charge in [0.25, 0.3) is 0 Å². The van der Waals surface area contributed by atoms with Gasteiger partial charge in [0, 0.05) is 7.11 Å². The minimum Gasteiger partial charge on any atom is -0.372 e. The highest BCUT2D eigenvalue weighted by molar-refractivity contribution is 5.37. The molecule has 82 valence electrons. The Morgan fingerprint density at radius 2 is 2.00 bits per heavy atom. The summed E-state index contributed by atoms with van der Waals surface area (Å²) in [5.74, 6) is 5.12. The summed E-state index contributed by atoms with van der Waals surface area (Å²) in [5, 5.41) is 0. The molecule has 0 N–H and O–H groups in total. The molecule has 0 fully saturated rings. The Bertz CT molecular complexity index is 347. The molecule has 0 aliphatic carbocycles. The van der Waals surface area contributed by atoms with Gasteiger partial charge in [-0.1, -0.05) is 31.8 Å². The highest BCUT2D eigenvalue weighted by atomic mass is 19.1. The predicted octanol–water partition coefficient (Wildman–Crippen LogP) is 3.16. The summed E-state index contributed by atoms with van der Waals surface area (Å²) >= 11 is 0. The van der Waals surface area contributed by atoms with Gasteiger partial charge in [0.05, 0.1) is 5.56 Å². The zero-order valence-electron chi connectivity index (χ0n) is 9.73. The predicted molar refractivity (Wildman–Crippen MR) is 61.2 cm³/mol. The number of ether oxygens (including phenoxy) is 1. The molecule has 15 heavy (non-hydrogen) atoms. The molecule has 0 saturated heterocycles. The topological polar surface area (TPSA) is 9.23 Å². The summed E-state index contributed by atoms with van der Waals surface area (Å²) in [4.78, 5) is 0. The fraction of sp³-hybridized carbons (Fsp3) is 0.385. The van der Waals surface area contributed by atoms with Gasteiger partial charge in [-0.2, -0.15) is 0 Å². The van der Waals surface area contributed by atoms with E-state index in [-0.39, 0.29) is 5.82 Å². The lowest BCUT2D eigenvalue weighted by Gasteiger charge is -1.95. The summed E-state index contributed by atoms with van der Waals surface area (Å²) in [6.45, 7) is 6.17. The molecule has 1 aromatic rings. The van der Waals surface area contributed by atoms with Crippen molar-refractivity contribution in [3.63, 3.8) is 0 Å². The van der Waals surface area contributed by atoms with Crippen LogP contribution in [0.1, 0.15) is 25.0 Å². The van der Waals surface area contributed by atoms with E-state index in [0.717, 1.165) is 5.56 Å². The van der Waals surface area contributed by atoms with Gasteiger partial charge in [-0.05, 0) is 24.6 Å². The summed E-state index contributed by atoms with van der Waals surface area (Å²) in [6.07, 6.45) is 0. The molecule has 1 nitrogen and oxygen atoms in total. The van der Waals surface area contributed by atoms with Gasteiger partial charge < -0.3 is 4.74 Å². The first-order valence-corrected chi connectivity index (χ1v) is 4.98. The molecule has 2 heteroatoms. The van der Waals surface area contributed by atoms with Crippen molar-refractivity contribution in [2.24, 2.45) is 0 Å². The van der Waals surface area contributed by atoms with E-state index >= 15 is 0 Å². The number of benzene rings is 1. The Morgan fingerprint density at radius 1 is 1.33 bits per heavy atom. The highest BCUT2D eigenvalue weighted by Gasteiger charge is 1.97. The second-order valence-corrected chi connectivity index (χ2v) is 2.72. The van der Waals surface area contributed by atoms with Crippen molar-refractivity contribution in [2.75, 3.05) is 13.7 Å². The molecule has 1 aromatic carbocycles. The van der Waals surface area contributed by atoms with Crippen LogP contribution in [-0.4, -0.2) is 13.7 Å². The van der Waals surface area contributed by atoms with Gasteiger partial charge in [0.15, 0.2) is 0 Å². The highest BCUT2D eigenvalue weighted by Crippen LogP contribution is 2.07. The van der Waals surface area contributed by atoms with Gasteiger partial charge in [-0.25, -0.2) is 4.39 Å². The van der Waals surface area contributed by atoms with Gasteiger partial charge >= 0.3 is 0 Å². The number of hydrogen-bond donors (Lipinski definition) is 0. The Balaban J connectivity index is 0.000000921. The number of rotatable bonds is 1. The zero-order chi connectivity index (χ0) is 11.7. The number of methoxy groups -OCH3 is 1. The maximum Gasteiger partial charge on any atom is 0.139 e. The van der Waals surface area contributed by atoms with E-state index in [9.17, 15) is 4.39 Å². The Hall–Kier alpha value is -1.33. The smallest absolute Gasteiger partial charge is 0.139 e. The average Bonchev–Trinajstić information content (AvgIpc) is 2.24. The van der Waals surface area contributed by atoms with Gasteiger partial charge in [-0.3, -0.25) is 0 Å². The maximum atomic E-state index is 13.1. The molecule has 0 aliphatic heterocycles. The van der Waals surface area contributed by atoms with Crippen molar-refractivity contribution in [1.29, 1.82) is 0 Å². The average molecular weight is 208 g/mol. The quantitative estimate of drug-likeness (QED) is 0.644. The Labute approximate surface area is 91.3 Å². The lowest BCUT2D eigenvalue weighted by atomic mass is 10.1. The van der Waals surface area contributed by atoms with Gasteiger partial charge in [-0.15, -0.1) is 0 Å². The van der Waals surface area contributed by atoms with E-state index in [0.29, 0.717) is 12.2 Å². The summed E-state index contributed by atoms with van der Waals surface area (Å²) in [5.41, 5.74) is 1.32. The molecule has 1 rings (SSSR count). The molecule has 0 heterocycles. The third-order valence-corrected chi connectivity index (χ3v) is 1.56. The van der Waals surface area contributed by atoms with Crippen LogP contribution in [0.4, 0.5) is 4.39 Å². The van der Waals surface area contributed by atoms with Crippen LogP contribution in [-0.2, 0) is 4.74 Å². The van der Waals surface area contributed by atoms with Crippen LogP contribution in [0, 0.1) is 24.6 Å². The molecular weight excluding hydrogens is 191 g/mol. The second-order valence-electron chi connectivity index (χ2n) is 2.72. The van der Waals surface area contributed by atoms with E-state index in [1.165, 1.54) is 6.07 Å². The van der Waals surface area contributed by atoms with Gasteiger partial charge in [0.1, 0.15) is 12.4 Å². The van der Waals surface area contributed by atoms with E-state index in [2.05, 4.69) is 11.8 Å². The minimum atomic E-state index is -0.274. The molecular formula is C13H17FO. The zero-order valence-corrected chi connectivity index (χ0v) is 9.73. The number of aryl methyl sites for hydroxylation is 1. The first-order chi connectivity index (χ1) is 7.24. The Kier molecular flexibility index (Phi) is 7.31. The second kappa shape index (κ2) is 8.02. The molecule has 0 radical (unpaired) electrons. The van der Waals surface area contributed by atoms with Crippen LogP contribution in [0.15, 0.2) is 18.2 Å². The van der Waals surface area contributed by atoms with Crippen molar-refractivity contribution >= 4 is 0 Å². The lowest BCUT2D eigenvalue weighted by molar-refractivity contribution is 0.240. The van der Waals surface area contributed by atoms with Crippen molar-refractivity contribution < 1.29 is 9.13 Å². The van der Waals surface area contributed by atoms with Crippen molar-refractivity contribution in [3.05, 3.63) is 35.1 Å². The first kappa shape index (κ1) is 13.7. The molecule has 0 spiro atoms. The normalized spacial score (nSPS) is 8.33. The van der Waals surface area contributed by atoms with Crippen LogP contribution in [0.2, 0.25) is 0 Å². The first-order valence-electron chi connectivity index (χ1n) is 4.98. The molecule has 0 amide bonds. The van der Waals surface area contributed by atoms with Crippen LogP contribution in [0.5, 0.6) is 0 Å². The number of hydrogen-bond acceptors (Lipinski definition) is 1. The van der Waals surface area contributed by atoms with E-state index < -0.39 is 0 Å². The van der Waals surface area contributed by atoms with Crippen LogP contribution < -0.4 is 0 Å². The van der Waals surface area contributed by atoms with Gasteiger partial charge in [0.2, 0.25) is 0 Å². The molecule has 0 aromatic heterocycles. The van der Waals surface area contributed by atoms with Crippen molar-refractivity contribution in [3.8, 4) is 11.8 Å². The van der Waals surface area contributed by atoms with E-state index in [1.54, 1.807) is 13.2 Å². The van der Waals surface area contributed by atoms with E-state index in [4.69, 9.17) is 4.74 Å². The monoisotopic (exact) mass is 208 g/mol. The van der Waals surface area contributed by atoms with Crippen molar-refractivity contribution in [2.45, 2.75) is 20.8 Å². The summed E-state index contributed by atoms with van der Waals surface area (Å²) in [6, 6.07) is 4.98. The third kappa shape index (κ3) is 5.19. The van der Waals surface area contributed by atoms with E-state index in [1.807, 2.05) is 26.8 Å². The fourth-order valence-corrected chi connectivity index (χ4v) is 0.925. The fourth-order valence-electron chi connectivity index (χ4n) is 0.925. The Morgan fingerprint density at radius 3 is 2.53 bits per heavy atom. The van der Waals surface area contributed by atoms with Crippen molar-refractivity contribution in [1.82, 2.24) is 0 Å². The van der Waals surface area contributed by atoms with Crippen LogP contribution in [0.25, 0.3) is 0 Å². The molecule has 0 aliphatic rings. The molecule has 0 saturated carbocycles. The third-order valence-electron chi connectivity index (χ3n) is 1.56. The van der Waals surface area contributed by atoms with Crippen LogP contribution in [0.3, 0.4) is 0 Å². The number of halogens is 1. The molecule has 0 atom stereocenters. The largest absolute Gasteiger partial charge is 0.372 e.